The summed E-state index contributed by atoms with van der Waals surface area (Å²) in [5, 5.41) is 14.3. The quantitative estimate of drug-likeness (QED) is 0.195. The highest BCUT2D eigenvalue weighted by atomic mass is 16.6. The smallest absolute Gasteiger partial charge is 0.351 e. The van der Waals surface area contributed by atoms with Crippen LogP contribution < -0.4 is 25.2 Å². The van der Waals surface area contributed by atoms with Gasteiger partial charge in [-0.25, -0.2) is 4.79 Å². The zero-order valence-electron chi connectivity index (χ0n) is 25.3. The minimum Gasteiger partial charge on any atom is -0.497 e. The van der Waals surface area contributed by atoms with Crippen molar-refractivity contribution in [3.63, 3.8) is 0 Å². The van der Waals surface area contributed by atoms with Gasteiger partial charge in [0.2, 0.25) is 0 Å². The Morgan fingerprint density at radius 1 is 0.848 bits per heavy atom. The van der Waals surface area contributed by atoms with E-state index in [-0.39, 0.29) is 13.0 Å². The number of hydrogen-bond donors (Lipinski definition) is 2. The average Bonchev–Trinajstić information content (AvgIpc) is 3.48. The van der Waals surface area contributed by atoms with Gasteiger partial charge in [0.05, 0.1) is 38.8 Å². The first-order valence-electron chi connectivity index (χ1n) is 15.0. The van der Waals surface area contributed by atoms with E-state index in [0.717, 1.165) is 22.4 Å². The number of aliphatic hydroxyl groups excluding tert-OH is 1. The number of rotatable bonds is 9. The van der Waals surface area contributed by atoms with Gasteiger partial charge in [-0.05, 0) is 53.1 Å². The number of anilines is 2. The van der Waals surface area contributed by atoms with E-state index in [9.17, 15) is 9.90 Å². The maximum Gasteiger partial charge on any atom is 0.351 e. The molecule has 234 valence electrons. The Morgan fingerprint density at radius 2 is 1.46 bits per heavy atom. The molecule has 0 amide bonds. The highest BCUT2D eigenvalue weighted by Crippen LogP contribution is 2.43. The lowest BCUT2D eigenvalue weighted by Crippen LogP contribution is -2.38. The number of nitrogens with one attached hydrogen (secondary N) is 1. The number of para-hydroxylation sites is 2. The third-order valence-electron chi connectivity index (χ3n) is 8.43. The van der Waals surface area contributed by atoms with Crippen molar-refractivity contribution in [3.05, 3.63) is 136 Å². The number of benzene rings is 4. The molecule has 0 unspecified atom stereocenters. The van der Waals surface area contributed by atoms with Gasteiger partial charge >= 0.3 is 5.69 Å². The molecule has 7 rings (SSSR count). The van der Waals surface area contributed by atoms with E-state index in [1.165, 1.54) is 4.57 Å². The molecule has 0 saturated carbocycles. The van der Waals surface area contributed by atoms with E-state index in [1.807, 2.05) is 103 Å². The molecule has 1 aromatic heterocycles. The van der Waals surface area contributed by atoms with E-state index in [4.69, 9.17) is 23.7 Å². The van der Waals surface area contributed by atoms with Crippen molar-refractivity contribution in [3.8, 4) is 23.0 Å². The van der Waals surface area contributed by atoms with Crippen LogP contribution in [-0.2, 0) is 15.1 Å². The normalized spacial score (nSPS) is 18.5. The van der Waals surface area contributed by atoms with Gasteiger partial charge in [-0.2, -0.15) is 4.98 Å². The molecule has 3 atom stereocenters. The Bertz CT molecular complexity index is 1830. The molecule has 2 aliphatic heterocycles. The summed E-state index contributed by atoms with van der Waals surface area (Å²) in [6.45, 7) is 0.0170. The molecule has 5 aromatic rings. The molecule has 0 bridgehead atoms. The lowest BCUT2D eigenvalue weighted by Gasteiger charge is -2.37. The van der Waals surface area contributed by atoms with E-state index >= 15 is 0 Å². The van der Waals surface area contributed by atoms with Crippen LogP contribution in [0.15, 0.2) is 114 Å². The molecule has 3 heterocycles. The van der Waals surface area contributed by atoms with Crippen LogP contribution >= 0.6 is 0 Å². The maximum absolute atomic E-state index is 13.1. The molecule has 4 aromatic carbocycles. The van der Waals surface area contributed by atoms with Crippen molar-refractivity contribution < 1.29 is 28.8 Å². The summed E-state index contributed by atoms with van der Waals surface area (Å²) in [4.78, 5) is 17.3. The van der Waals surface area contributed by atoms with Crippen molar-refractivity contribution >= 4 is 11.5 Å². The largest absolute Gasteiger partial charge is 0.497 e. The third-order valence-corrected chi connectivity index (χ3v) is 8.43. The van der Waals surface area contributed by atoms with Gasteiger partial charge in [0.25, 0.3) is 0 Å². The summed E-state index contributed by atoms with van der Waals surface area (Å²) in [6, 6.07) is 32.7. The zero-order valence-corrected chi connectivity index (χ0v) is 25.3. The SMILES string of the molecule is COc1ccc(C(OC[C@H]2O[C@@H](n3cc4c(nc3=O)Nc3ccccc3O4)C[C@@H]2O)(c2ccccc2)c2ccc(OC)cc2)cc1. The van der Waals surface area contributed by atoms with Crippen molar-refractivity contribution in [2.75, 3.05) is 26.1 Å². The topological polar surface area (TPSA) is 113 Å². The van der Waals surface area contributed by atoms with Gasteiger partial charge in [0.15, 0.2) is 17.3 Å². The first kappa shape index (κ1) is 29.5. The molecule has 2 N–H and O–H groups in total. The summed E-state index contributed by atoms with van der Waals surface area (Å²) < 4.78 is 31.5. The number of hydrogen-bond acceptors (Lipinski definition) is 9. The second-order valence-electron chi connectivity index (χ2n) is 11.1. The van der Waals surface area contributed by atoms with E-state index < -0.39 is 29.7 Å². The van der Waals surface area contributed by atoms with Crippen LogP contribution in [0.5, 0.6) is 23.0 Å². The lowest BCUT2D eigenvalue weighted by molar-refractivity contribution is -0.0944. The van der Waals surface area contributed by atoms with Crippen LogP contribution in [0.1, 0.15) is 29.3 Å². The van der Waals surface area contributed by atoms with Crippen molar-refractivity contribution in [1.82, 2.24) is 9.55 Å². The van der Waals surface area contributed by atoms with Gasteiger partial charge in [-0.15, -0.1) is 0 Å². The molecule has 0 aliphatic carbocycles. The summed E-state index contributed by atoms with van der Waals surface area (Å²) in [5.74, 6) is 2.76. The Morgan fingerprint density at radius 3 is 2.11 bits per heavy atom. The summed E-state index contributed by atoms with van der Waals surface area (Å²) >= 11 is 0. The van der Waals surface area contributed by atoms with Gasteiger partial charge < -0.3 is 34.1 Å². The second-order valence-corrected chi connectivity index (χ2v) is 11.1. The fourth-order valence-corrected chi connectivity index (χ4v) is 6.04. The molecule has 0 radical (unpaired) electrons. The fraction of sp³-hybridized carbons (Fsp3) is 0.222. The second kappa shape index (κ2) is 12.3. The van der Waals surface area contributed by atoms with E-state index in [0.29, 0.717) is 28.8 Å². The molecular formula is C36H33N3O7. The highest BCUT2D eigenvalue weighted by molar-refractivity contribution is 5.72. The fourth-order valence-electron chi connectivity index (χ4n) is 6.04. The summed E-state index contributed by atoms with van der Waals surface area (Å²) in [7, 11) is 3.25. The lowest BCUT2D eigenvalue weighted by atomic mass is 9.80. The summed E-state index contributed by atoms with van der Waals surface area (Å²) in [6.07, 6.45) is -0.693. The predicted octanol–water partition coefficient (Wildman–Crippen LogP) is 5.77. The molecule has 0 spiro atoms. The van der Waals surface area contributed by atoms with Crippen molar-refractivity contribution in [1.29, 1.82) is 0 Å². The van der Waals surface area contributed by atoms with Gasteiger partial charge in [0.1, 0.15) is 29.4 Å². The van der Waals surface area contributed by atoms with Gasteiger partial charge in [-0.1, -0.05) is 66.7 Å². The van der Waals surface area contributed by atoms with E-state index in [2.05, 4.69) is 10.3 Å². The van der Waals surface area contributed by atoms with Crippen LogP contribution in [0.25, 0.3) is 0 Å². The predicted molar refractivity (Wildman–Crippen MR) is 171 cm³/mol. The van der Waals surface area contributed by atoms with Crippen LogP contribution in [0.4, 0.5) is 11.5 Å². The average molecular weight is 620 g/mol. The summed E-state index contributed by atoms with van der Waals surface area (Å²) in [5.41, 5.74) is 1.71. The highest BCUT2D eigenvalue weighted by Gasteiger charge is 2.42. The molecule has 10 heteroatoms. The van der Waals surface area contributed by atoms with Gasteiger partial charge in [0, 0.05) is 6.42 Å². The zero-order chi connectivity index (χ0) is 31.7. The number of aromatic nitrogens is 2. The Labute approximate surface area is 265 Å². The van der Waals surface area contributed by atoms with Crippen LogP contribution in [0.3, 0.4) is 0 Å². The van der Waals surface area contributed by atoms with Crippen molar-refractivity contribution in [2.45, 2.75) is 30.5 Å². The van der Waals surface area contributed by atoms with Crippen LogP contribution in [0, 0.1) is 0 Å². The standard InChI is InChI=1S/C36H33N3O7/c1-42-26-16-12-24(13-17-26)36(23-8-4-3-5-9-23,25-14-18-27(43-2)19-15-25)44-22-32-29(40)20-33(46-32)39-21-31-34(38-35(39)41)37-28-10-6-7-11-30(28)45-31/h3-19,21,29,32-33,40H,20,22H2,1-2H3,(H,37,38,41)/t29-,32+,33+/m0/s1. The first-order valence-corrected chi connectivity index (χ1v) is 15.0. The molecular weight excluding hydrogens is 586 g/mol. The number of methoxy groups -OCH3 is 2. The molecule has 46 heavy (non-hydrogen) atoms. The minimum absolute atomic E-state index is 0.0170. The molecule has 10 nitrogen and oxygen atoms in total. The van der Waals surface area contributed by atoms with Gasteiger partial charge in [-0.3, -0.25) is 4.57 Å². The number of aliphatic hydroxyl groups is 1. The minimum atomic E-state index is -1.09. The first-order chi connectivity index (χ1) is 22.5. The Hall–Kier alpha value is -5.16. The van der Waals surface area contributed by atoms with Crippen molar-refractivity contribution in [2.24, 2.45) is 0 Å². The number of nitrogens with zero attached hydrogens (tertiary/aromatic N) is 2. The monoisotopic (exact) mass is 619 g/mol. The molecule has 2 aliphatic rings. The number of ether oxygens (including phenoxy) is 5. The number of fused-ring (bicyclic) bond motifs is 2. The Kier molecular flexibility index (Phi) is 7.91. The van der Waals surface area contributed by atoms with Crippen LogP contribution in [-0.4, -0.2) is 47.7 Å². The molecule has 1 saturated heterocycles. The van der Waals surface area contributed by atoms with Crippen LogP contribution in [0.2, 0.25) is 0 Å². The maximum atomic E-state index is 13.1. The molecule has 1 fully saturated rings. The third kappa shape index (κ3) is 5.36. The Balaban J connectivity index is 1.20. The van der Waals surface area contributed by atoms with E-state index in [1.54, 1.807) is 20.4 Å².